The van der Waals surface area contributed by atoms with Crippen LogP contribution in [0.2, 0.25) is 0 Å². The summed E-state index contributed by atoms with van der Waals surface area (Å²) in [5.74, 6) is 0.183. The Morgan fingerprint density at radius 3 is 2.41 bits per heavy atom. The van der Waals surface area contributed by atoms with Gasteiger partial charge in [0, 0.05) is 42.7 Å². The molecule has 3 aliphatic rings. The number of nitrogens with one attached hydrogen (secondary N) is 1. The van der Waals surface area contributed by atoms with Gasteiger partial charge in [-0.25, -0.2) is 8.42 Å². The Hall–Kier alpha value is -1.93. The van der Waals surface area contributed by atoms with Gasteiger partial charge in [-0.15, -0.1) is 0 Å². The molecule has 1 aliphatic carbocycles. The van der Waals surface area contributed by atoms with Gasteiger partial charge in [0.2, 0.25) is 21.8 Å². The average molecular weight is 462 g/mol. The lowest BCUT2D eigenvalue weighted by Crippen LogP contribution is -2.44. The molecule has 2 atom stereocenters. The number of anilines is 1. The van der Waals surface area contributed by atoms with Crippen LogP contribution in [-0.2, 0) is 26.0 Å². The smallest absolute Gasteiger partial charge is 0.243 e. The third kappa shape index (κ3) is 4.31. The number of carbonyl (C=O) groups excluding carboxylic acids is 2. The van der Waals surface area contributed by atoms with Gasteiger partial charge in [-0.2, -0.15) is 4.31 Å². The first-order valence-electron chi connectivity index (χ1n) is 12.0. The predicted octanol–water partition coefficient (Wildman–Crippen LogP) is 3.08. The number of hydrogen-bond donors (Lipinski definition) is 1. The van der Waals surface area contributed by atoms with Crippen LogP contribution in [0.5, 0.6) is 0 Å². The van der Waals surface area contributed by atoms with Crippen molar-refractivity contribution in [2.24, 2.45) is 11.8 Å². The monoisotopic (exact) mass is 461 g/mol. The second-order valence-electron chi connectivity index (χ2n) is 9.68. The van der Waals surface area contributed by atoms with Gasteiger partial charge in [-0.05, 0) is 76.1 Å². The van der Waals surface area contributed by atoms with Crippen LogP contribution in [0.4, 0.5) is 5.69 Å². The highest BCUT2D eigenvalue weighted by Gasteiger charge is 2.38. The number of nitrogens with zero attached hydrogens (tertiary/aromatic N) is 2. The van der Waals surface area contributed by atoms with Crippen molar-refractivity contribution in [3.8, 4) is 0 Å². The first kappa shape index (κ1) is 23.2. The molecular weight excluding hydrogens is 426 g/mol. The number of piperidine rings is 1. The van der Waals surface area contributed by atoms with Crippen molar-refractivity contribution in [2.75, 3.05) is 18.0 Å². The van der Waals surface area contributed by atoms with Crippen molar-refractivity contribution in [1.82, 2.24) is 9.62 Å². The lowest BCUT2D eigenvalue weighted by Gasteiger charge is -2.32. The van der Waals surface area contributed by atoms with E-state index in [9.17, 15) is 18.0 Å². The Balaban J connectivity index is 1.45. The lowest BCUT2D eigenvalue weighted by atomic mass is 9.84. The average Bonchev–Trinajstić information content (AvgIpc) is 3.07. The van der Waals surface area contributed by atoms with Crippen molar-refractivity contribution in [2.45, 2.75) is 82.7 Å². The minimum Gasteiger partial charge on any atom is -0.353 e. The summed E-state index contributed by atoms with van der Waals surface area (Å²) in [6, 6.07) is 5.37. The van der Waals surface area contributed by atoms with Gasteiger partial charge in [0.1, 0.15) is 0 Å². The van der Waals surface area contributed by atoms with Gasteiger partial charge in [0.15, 0.2) is 0 Å². The Kier molecular flexibility index (Phi) is 6.63. The van der Waals surface area contributed by atoms with Gasteiger partial charge in [0.25, 0.3) is 0 Å². The summed E-state index contributed by atoms with van der Waals surface area (Å²) >= 11 is 0. The van der Waals surface area contributed by atoms with Gasteiger partial charge in [-0.3, -0.25) is 9.59 Å². The molecular formula is C24H35N3O4S. The number of hydrogen-bond acceptors (Lipinski definition) is 4. The second-order valence-corrected chi connectivity index (χ2v) is 11.6. The fraction of sp³-hybridized carbons (Fsp3) is 0.667. The van der Waals surface area contributed by atoms with Crippen LogP contribution in [0.25, 0.3) is 0 Å². The molecule has 0 unspecified atom stereocenters. The molecule has 1 aromatic carbocycles. The van der Waals surface area contributed by atoms with E-state index in [1.165, 1.54) is 4.31 Å². The molecule has 4 rings (SSSR count). The molecule has 0 spiro atoms. The number of rotatable bonds is 6. The quantitative estimate of drug-likeness (QED) is 0.705. The molecule has 32 heavy (non-hydrogen) atoms. The Bertz CT molecular complexity index is 981. The summed E-state index contributed by atoms with van der Waals surface area (Å²) in [5.41, 5.74) is 1.78. The predicted molar refractivity (Wildman–Crippen MR) is 124 cm³/mol. The van der Waals surface area contributed by atoms with E-state index in [4.69, 9.17) is 0 Å². The normalized spacial score (nSPS) is 23.5. The SMILES string of the molecule is CC[C@@H](C)NC(=O)C1CCN(S(=O)(=O)c2ccc3c(c2)C[C@@H](C)N3C(=O)C2CCC2)CC1. The number of sulfonamides is 1. The summed E-state index contributed by atoms with van der Waals surface area (Å²) in [6.07, 6.45) is 5.64. The summed E-state index contributed by atoms with van der Waals surface area (Å²) in [5, 5.41) is 3.01. The van der Waals surface area contributed by atoms with E-state index in [0.29, 0.717) is 32.4 Å². The maximum absolute atomic E-state index is 13.3. The third-order valence-corrected chi connectivity index (χ3v) is 9.32. The zero-order chi connectivity index (χ0) is 23.0. The Morgan fingerprint density at radius 1 is 1.12 bits per heavy atom. The molecule has 1 aromatic rings. The zero-order valence-electron chi connectivity index (χ0n) is 19.3. The largest absolute Gasteiger partial charge is 0.353 e. The summed E-state index contributed by atoms with van der Waals surface area (Å²) < 4.78 is 28.1. The van der Waals surface area contributed by atoms with E-state index < -0.39 is 10.0 Å². The molecule has 1 N–H and O–H groups in total. The zero-order valence-corrected chi connectivity index (χ0v) is 20.2. The summed E-state index contributed by atoms with van der Waals surface area (Å²) in [7, 11) is -3.63. The number of amides is 2. The van der Waals surface area contributed by atoms with Gasteiger partial charge < -0.3 is 10.2 Å². The highest BCUT2D eigenvalue weighted by Crippen LogP contribution is 2.38. The molecule has 1 saturated heterocycles. The molecule has 0 bridgehead atoms. The van der Waals surface area contributed by atoms with Gasteiger partial charge in [-0.1, -0.05) is 13.3 Å². The lowest BCUT2D eigenvalue weighted by molar-refractivity contribution is -0.127. The molecule has 2 heterocycles. The van der Waals surface area contributed by atoms with E-state index in [-0.39, 0.29) is 40.6 Å². The molecule has 176 valence electrons. The molecule has 2 amide bonds. The van der Waals surface area contributed by atoms with E-state index in [1.54, 1.807) is 18.2 Å². The van der Waals surface area contributed by atoms with E-state index in [2.05, 4.69) is 5.32 Å². The van der Waals surface area contributed by atoms with Crippen LogP contribution < -0.4 is 10.2 Å². The molecule has 0 radical (unpaired) electrons. The van der Waals surface area contributed by atoms with E-state index in [0.717, 1.165) is 36.9 Å². The van der Waals surface area contributed by atoms with Crippen molar-refractivity contribution < 1.29 is 18.0 Å². The molecule has 2 fully saturated rings. The van der Waals surface area contributed by atoms with Crippen LogP contribution in [0.1, 0.15) is 64.9 Å². The highest BCUT2D eigenvalue weighted by atomic mass is 32.2. The standard InChI is InChI=1S/C24H35N3O4S/c1-4-16(2)25-23(28)18-10-12-26(13-11-18)32(30,31)21-8-9-22-20(15-21)14-17(3)27(22)24(29)19-6-5-7-19/h8-9,15-19H,4-7,10-14H2,1-3H3,(H,25,28)/t16-,17-/m1/s1. The van der Waals surface area contributed by atoms with Crippen LogP contribution >= 0.6 is 0 Å². The van der Waals surface area contributed by atoms with Gasteiger partial charge >= 0.3 is 0 Å². The highest BCUT2D eigenvalue weighted by molar-refractivity contribution is 7.89. The van der Waals surface area contributed by atoms with Crippen LogP contribution in [-0.4, -0.2) is 49.7 Å². The number of carbonyl (C=O) groups is 2. The van der Waals surface area contributed by atoms with Gasteiger partial charge in [0.05, 0.1) is 4.90 Å². The number of benzene rings is 1. The van der Waals surface area contributed by atoms with Crippen LogP contribution in [0.3, 0.4) is 0 Å². The topological polar surface area (TPSA) is 86.8 Å². The number of fused-ring (bicyclic) bond motifs is 1. The van der Waals surface area contributed by atoms with Crippen molar-refractivity contribution in [3.05, 3.63) is 23.8 Å². The van der Waals surface area contributed by atoms with Crippen LogP contribution in [0, 0.1) is 11.8 Å². The van der Waals surface area contributed by atoms with Crippen molar-refractivity contribution in [1.29, 1.82) is 0 Å². The van der Waals surface area contributed by atoms with Crippen molar-refractivity contribution in [3.63, 3.8) is 0 Å². The third-order valence-electron chi connectivity index (χ3n) is 7.42. The van der Waals surface area contributed by atoms with E-state index in [1.807, 2.05) is 25.7 Å². The first-order chi connectivity index (χ1) is 15.2. The first-order valence-corrected chi connectivity index (χ1v) is 13.4. The second kappa shape index (κ2) is 9.14. The summed E-state index contributed by atoms with van der Waals surface area (Å²) in [6.45, 7) is 6.73. The minimum absolute atomic E-state index is 0.0270. The van der Waals surface area contributed by atoms with Crippen molar-refractivity contribution >= 4 is 27.5 Å². The minimum atomic E-state index is -3.63. The van der Waals surface area contributed by atoms with E-state index >= 15 is 0 Å². The molecule has 1 saturated carbocycles. The van der Waals surface area contributed by atoms with Crippen LogP contribution in [0.15, 0.2) is 23.1 Å². The Labute approximate surface area is 191 Å². The summed E-state index contributed by atoms with van der Waals surface area (Å²) in [4.78, 5) is 27.4. The molecule has 7 nitrogen and oxygen atoms in total. The fourth-order valence-corrected chi connectivity index (χ4v) is 6.45. The molecule has 8 heteroatoms. The Morgan fingerprint density at radius 2 is 1.81 bits per heavy atom. The maximum Gasteiger partial charge on any atom is 0.243 e. The molecule has 0 aromatic heterocycles. The fourth-order valence-electron chi connectivity index (χ4n) is 4.93. The maximum atomic E-state index is 13.3. The molecule has 2 aliphatic heterocycles.